The van der Waals surface area contributed by atoms with Gasteiger partial charge in [0.1, 0.15) is 11.4 Å². The normalized spacial score (nSPS) is 10.7. The van der Waals surface area contributed by atoms with Gasteiger partial charge < -0.3 is 10.1 Å². The molecule has 0 saturated carbocycles. The second kappa shape index (κ2) is 6.91. The van der Waals surface area contributed by atoms with Crippen LogP contribution in [0.5, 0.6) is 5.75 Å². The quantitative estimate of drug-likeness (QED) is 0.708. The minimum atomic E-state index is -0.176. The van der Waals surface area contributed by atoms with Crippen LogP contribution in [-0.2, 0) is 6.42 Å². The number of nitrogens with zero attached hydrogens (tertiary/aromatic N) is 3. The Hall–Kier alpha value is -2.89. The molecular formula is C17H18N4O2. The minimum absolute atomic E-state index is 0.176. The summed E-state index contributed by atoms with van der Waals surface area (Å²) in [6, 6.07) is 9.75. The van der Waals surface area contributed by atoms with Crippen LogP contribution >= 0.6 is 0 Å². The number of fused-ring (bicyclic) bond motifs is 1. The zero-order valence-electron chi connectivity index (χ0n) is 12.9. The molecule has 23 heavy (non-hydrogen) atoms. The molecule has 1 amide bonds. The van der Waals surface area contributed by atoms with E-state index in [1.165, 1.54) is 5.56 Å². The van der Waals surface area contributed by atoms with Gasteiger partial charge in [0.2, 0.25) is 5.78 Å². The predicted octanol–water partition coefficient (Wildman–Crippen LogP) is 2.10. The Morgan fingerprint density at radius 2 is 2.13 bits per heavy atom. The van der Waals surface area contributed by atoms with Gasteiger partial charge in [-0.15, -0.1) is 0 Å². The monoisotopic (exact) mass is 310 g/mol. The van der Waals surface area contributed by atoms with Crippen LogP contribution in [0.1, 0.15) is 22.5 Å². The van der Waals surface area contributed by atoms with Crippen molar-refractivity contribution >= 4 is 11.7 Å². The van der Waals surface area contributed by atoms with Crippen molar-refractivity contribution in [1.29, 1.82) is 0 Å². The van der Waals surface area contributed by atoms with Crippen LogP contribution in [0.3, 0.4) is 0 Å². The number of methoxy groups -OCH3 is 1. The van der Waals surface area contributed by atoms with Crippen molar-refractivity contribution in [3.8, 4) is 5.75 Å². The zero-order chi connectivity index (χ0) is 16.1. The molecule has 0 radical (unpaired) electrons. The summed E-state index contributed by atoms with van der Waals surface area (Å²) < 4.78 is 6.86. The van der Waals surface area contributed by atoms with E-state index in [0.29, 0.717) is 18.0 Å². The molecule has 118 valence electrons. The highest BCUT2D eigenvalue weighted by Gasteiger charge is 2.10. The fraction of sp³-hybridized carbons (Fsp3) is 0.235. The van der Waals surface area contributed by atoms with Gasteiger partial charge in [0.25, 0.3) is 5.91 Å². The summed E-state index contributed by atoms with van der Waals surface area (Å²) in [4.78, 5) is 20.4. The van der Waals surface area contributed by atoms with E-state index in [9.17, 15) is 4.79 Å². The lowest BCUT2D eigenvalue weighted by Crippen LogP contribution is -2.25. The van der Waals surface area contributed by atoms with E-state index in [1.54, 1.807) is 30.0 Å². The van der Waals surface area contributed by atoms with E-state index in [2.05, 4.69) is 15.3 Å². The maximum absolute atomic E-state index is 12.1. The lowest BCUT2D eigenvalue weighted by atomic mass is 10.1. The van der Waals surface area contributed by atoms with Gasteiger partial charge in [-0.2, -0.15) is 0 Å². The molecule has 3 aromatic rings. The molecule has 0 aliphatic carbocycles. The molecule has 0 bridgehead atoms. The first kappa shape index (κ1) is 15.0. The Kier molecular flexibility index (Phi) is 4.52. The van der Waals surface area contributed by atoms with Crippen molar-refractivity contribution in [3.63, 3.8) is 0 Å². The van der Waals surface area contributed by atoms with E-state index < -0.39 is 0 Å². The summed E-state index contributed by atoms with van der Waals surface area (Å²) in [6.07, 6.45) is 6.91. The SMILES string of the molecule is COc1ccc(CCCNC(=O)c2cn3cccnc3n2)cc1. The highest BCUT2D eigenvalue weighted by Crippen LogP contribution is 2.12. The Balaban J connectivity index is 1.48. The first-order chi connectivity index (χ1) is 11.3. The Labute approximate surface area is 134 Å². The van der Waals surface area contributed by atoms with Crippen molar-refractivity contribution < 1.29 is 9.53 Å². The highest BCUT2D eigenvalue weighted by atomic mass is 16.5. The molecule has 0 spiro atoms. The van der Waals surface area contributed by atoms with Crippen LogP contribution in [0.15, 0.2) is 48.9 Å². The van der Waals surface area contributed by atoms with Gasteiger partial charge in [0.15, 0.2) is 0 Å². The van der Waals surface area contributed by atoms with E-state index in [4.69, 9.17) is 4.74 Å². The third-order valence-corrected chi connectivity index (χ3v) is 3.55. The third kappa shape index (κ3) is 3.66. The largest absolute Gasteiger partial charge is 0.497 e. The number of aryl methyl sites for hydroxylation is 1. The van der Waals surface area contributed by atoms with Gasteiger partial charge in [-0.3, -0.25) is 9.20 Å². The number of nitrogens with one attached hydrogen (secondary N) is 1. The Morgan fingerprint density at radius 3 is 2.87 bits per heavy atom. The zero-order valence-corrected chi connectivity index (χ0v) is 12.9. The highest BCUT2D eigenvalue weighted by molar-refractivity contribution is 5.92. The lowest BCUT2D eigenvalue weighted by molar-refractivity contribution is 0.0949. The van der Waals surface area contributed by atoms with Gasteiger partial charge in [0.05, 0.1) is 7.11 Å². The fourth-order valence-electron chi connectivity index (χ4n) is 2.32. The van der Waals surface area contributed by atoms with Crippen molar-refractivity contribution in [2.45, 2.75) is 12.8 Å². The predicted molar refractivity (Wildman–Crippen MR) is 86.6 cm³/mol. The summed E-state index contributed by atoms with van der Waals surface area (Å²) in [5, 5.41) is 2.89. The fourth-order valence-corrected chi connectivity index (χ4v) is 2.32. The molecule has 6 nitrogen and oxygen atoms in total. The third-order valence-electron chi connectivity index (χ3n) is 3.55. The second-order valence-electron chi connectivity index (χ2n) is 5.16. The molecule has 3 rings (SSSR count). The molecule has 1 N–H and O–H groups in total. The van der Waals surface area contributed by atoms with Crippen molar-refractivity contribution in [1.82, 2.24) is 19.7 Å². The van der Waals surface area contributed by atoms with Crippen molar-refractivity contribution in [3.05, 3.63) is 60.2 Å². The number of rotatable bonds is 6. The lowest BCUT2D eigenvalue weighted by Gasteiger charge is -2.05. The van der Waals surface area contributed by atoms with Crippen LogP contribution in [0.25, 0.3) is 5.78 Å². The van der Waals surface area contributed by atoms with Gasteiger partial charge in [-0.05, 0) is 36.6 Å². The van der Waals surface area contributed by atoms with E-state index >= 15 is 0 Å². The molecule has 2 aromatic heterocycles. The van der Waals surface area contributed by atoms with Crippen molar-refractivity contribution in [2.24, 2.45) is 0 Å². The molecule has 0 atom stereocenters. The molecule has 6 heteroatoms. The number of hydrogen-bond acceptors (Lipinski definition) is 4. The van der Waals surface area contributed by atoms with Crippen LogP contribution < -0.4 is 10.1 Å². The van der Waals surface area contributed by atoms with Gasteiger partial charge >= 0.3 is 0 Å². The topological polar surface area (TPSA) is 68.5 Å². The number of ether oxygens (including phenoxy) is 1. The van der Waals surface area contributed by atoms with Gasteiger partial charge in [-0.1, -0.05) is 12.1 Å². The van der Waals surface area contributed by atoms with Crippen molar-refractivity contribution in [2.75, 3.05) is 13.7 Å². The maximum atomic E-state index is 12.1. The molecule has 2 heterocycles. The van der Waals surface area contributed by atoms with Crippen LogP contribution in [0.2, 0.25) is 0 Å². The number of benzene rings is 1. The summed E-state index contributed by atoms with van der Waals surface area (Å²) >= 11 is 0. The molecule has 1 aromatic carbocycles. The Morgan fingerprint density at radius 1 is 1.30 bits per heavy atom. The van der Waals surface area contributed by atoms with Crippen LogP contribution in [-0.4, -0.2) is 33.9 Å². The molecule has 0 saturated heterocycles. The summed E-state index contributed by atoms with van der Waals surface area (Å²) in [5.41, 5.74) is 1.60. The van der Waals surface area contributed by atoms with Gasteiger partial charge in [-0.25, -0.2) is 9.97 Å². The summed E-state index contributed by atoms with van der Waals surface area (Å²) in [6.45, 7) is 0.603. The van der Waals surface area contributed by atoms with Crippen LogP contribution in [0.4, 0.5) is 0 Å². The first-order valence-electron chi connectivity index (χ1n) is 7.47. The van der Waals surface area contributed by atoms with E-state index in [0.717, 1.165) is 18.6 Å². The molecule has 0 fully saturated rings. The maximum Gasteiger partial charge on any atom is 0.271 e. The number of imidazole rings is 1. The number of aromatic nitrogens is 3. The second-order valence-corrected chi connectivity index (χ2v) is 5.16. The first-order valence-corrected chi connectivity index (χ1v) is 7.47. The molecular weight excluding hydrogens is 292 g/mol. The average Bonchev–Trinajstić information content (AvgIpc) is 3.03. The number of carbonyl (C=O) groups is 1. The average molecular weight is 310 g/mol. The standard InChI is InChI=1S/C17H18N4O2/c1-23-14-7-5-13(6-8-14)4-2-9-18-16(22)15-12-21-11-3-10-19-17(21)20-15/h3,5-8,10-12H,2,4,9H2,1H3,(H,18,22). The van der Waals surface area contributed by atoms with Crippen LogP contribution in [0, 0.1) is 0 Å². The van der Waals surface area contributed by atoms with E-state index in [-0.39, 0.29) is 5.91 Å². The van der Waals surface area contributed by atoms with Gasteiger partial charge in [0, 0.05) is 25.1 Å². The smallest absolute Gasteiger partial charge is 0.271 e. The number of hydrogen-bond donors (Lipinski definition) is 1. The molecule has 0 unspecified atom stereocenters. The Bertz CT molecular complexity index is 763. The number of carbonyl (C=O) groups excluding carboxylic acids is 1. The minimum Gasteiger partial charge on any atom is -0.497 e. The van der Waals surface area contributed by atoms with E-state index in [1.807, 2.05) is 30.5 Å². The number of amides is 1. The molecule has 0 aliphatic rings. The summed E-state index contributed by atoms with van der Waals surface area (Å²) in [5.74, 6) is 1.20. The molecule has 0 aliphatic heterocycles. The summed E-state index contributed by atoms with van der Waals surface area (Å²) in [7, 11) is 1.65.